The van der Waals surface area contributed by atoms with Crippen molar-refractivity contribution < 1.29 is 14.1 Å². The van der Waals surface area contributed by atoms with Crippen LogP contribution in [0.15, 0.2) is 53.1 Å². The molecule has 3 aromatic rings. The van der Waals surface area contributed by atoms with Gasteiger partial charge in [0.15, 0.2) is 0 Å². The Kier molecular flexibility index (Phi) is 6.35. The van der Waals surface area contributed by atoms with Crippen LogP contribution < -0.4 is 4.74 Å². The van der Waals surface area contributed by atoms with Gasteiger partial charge in [-0.15, -0.1) is 0 Å². The number of hydrogen-bond acceptors (Lipinski definition) is 5. The van der Waals surface area contributed by atoms with Crippen molar-refractivity contribution >= 4 is 5.91 Å². The maximum absolute atomic E-state index is 12.5. The van der Waals surface area contributed by atoms with E-state index in [1.807, 2.05) is 29.2 Å². The van der Waals surface area contributed by atoms with Gasteiger partial charge in [-0.3, -0.25) is 4.79 Å². The summed E-state index contributed by atoms with van der Waals surface area (Å²) in [6, 6.07) is 16.1. The molecule has 6 nitrogen and oxygen atoms in total. The predicted molar refractivity (Wildman–Crippen MR) is 119 cm³/mol. The van der Waals surface area contributed by atoms with Crippen molar-refractivity contribution in [2.45, 2.75) is 46.1 Å². The number of carbonyl (C=O) groups excluding carboxylic acids is 1. The zero-order valence-electron chi connectivity index (χ0n) is 18.4. The molecule has 1 saturated heterocycles. The Morgan fingerprint density at radius 1 is 1.10 bits per heavy atom. The lowest BCUT2D eigenvalue weighted by atomic mass is 10.1. The second-order valence-electron chi connectivity index (χ2n) is 8.53. The fourth-order valence-electron chi connectivity index (χ4n) is 3.67. The Balaban J connectivity index is 1.39. The van der Waals surface area contributed by atoms with Gasteiger partial charge in [-0.05, 0) is 47.7 Å². The molecule has 1 amide bonds. The Morgan fingerprint density at radius 2 is 1.81 bits per heavy atom. The normalized spacial score (nSPS) is 16.3. The van der Waals surface area contributed by atoms with Gasteiger partial charge in [-0.2, -0.15) is 4.98 Å². The lowest BCUT2D eigenvalue weighted by Crippen LogP contribution is -2.24. The van der Waals surface area contributed by atoms with E-state index in [0.717, 1.165) is 23.3 Å². The van der Waals surface area contributed by atoms with Gasteiger partial charge < -0.3 is 14.2 Å². The number of carbonyl (C=O) groups is 1. The van der Waals surface area contributed by atoms with Crippen LogP contribution in [0.1, 0.15) is 50.1 Å². The highest BCUT2D eigenvalue weighted by atomic mass is 16.5. The van der Waals surface area contributed by atoms with Gasteiger partial charge in [0.2, 0.25) is 17.6 Å². The summed E-state index contributed by atoms with van der Waals surface area (Å²) in [7, 11) is 0. The van der Waals surface area contributed by atoms with Crippen LogP contribution in [0.2, 0.25) is 0 Å². The summed E-state index contributed by atoms with van der Waals surface area (Å²) in [5.41, 5.74) is 3.30. The van der Waals surface area contributed by atoms with Crippen molar-refractivity contribution in [2.75, 3.05) is 13.2 Å². The van der Waals surface area contributed by atoms with Crippen LogP contribution in [-0.4, -0.2) is 34.1 Å². The van der Waals surface area contributed by atoms with E-state index in [-0.39, 0.29) is 11.8 Å². The minimum atomic E-state index is -0.0719. The average Bonchev–Trinajstić information content (AvgIpc) is 3.40. The summed E-state index contributed by atoms with van der Waals surface area (Å²) in [5.74, 6) is 2.40. The Labute approximate surface area is 183 Å². The minimum Gasteiger partial charge on any atom is -0.493 e. The first-order valence-corrected chi connectivity index (χ1v) is 10.9. The summed E-state index contributed by atoms with van der Waals surface area (Å²) in [6.07, 6.45) is 1.41. The second-order valence-corrected chi connectivity index (χ2v) is 8.53. The number of aromatic nitrogens is 2. The second kappa shape index (κ2) is 9.33. The summed E-state index contributed by atoms with van der Waals surface area (Å²) in [4.78, 5) is 19.0. The van der Waals surface area contributed by atoms with Gasteiger partial charge in [0.05, 0.1) is 12.5 Å². The van der Waals surface area contributed by atoms with Crippen molar-refractivity contribution in [3.63, 3.8) is 0 Å². The van der Waals surface area contributed by atoms with Crippen molar-refractivity contribution in [3.05, 3.63) is 65.5 Å². The van der Waals surface area contributed by atoms with Crippen molar-refractivity contribution in [3.8, 4) is 17.1 Å². The molecule has 0 N–H and O–H groups in total. The van der Waals surface area contributed by atoms with Crippen molar-refractivity contribution in [2.24, 2.45) is 5.92 Å². The molecule has 1 aromatic heterocycles. The van der Waals surface area contributed by atoms with Crippen LogP contribution in [0.3, 0.4) is 0 Å². The molecule has 31 heavy (non-hydrogen) atoms. The fraction of sp³-hybridized carbons (Fsp3) is 0.400. The first-order chi connectivity index (χ1) is 15.0. The summed E-state index contributed by atoms with van der Waals surface area (Å²) >= 11 is 0. The molecule has 0 bridgehead atoms. The molecule has 0 radical (unpaired) electrons. The van der Waals surface area contributed by atoms with E-state index in [9.17, 15) is 4.79 Å². The summed E-state index contributed by atoms with van der Waals surface area (Å²) in [5, 5.41) is 4.13. The fourth-order valence-corrected chi connectivity index (χ4v) is 3.67. The largest absolute Gasteiger partial charge is 0.493 e. The number of hydrogen-bond donors (Lipinski definition) is 0. The number of nitrogens with zero attached hydrogens (tertiary/aromatic N) is 3. The van der Waals surface area contributed by atoms with E-state index in [1.165, 1.54) is 5.56 Å². The molecular weight excluding hydrogens is 390 g/mol. The predicted octanol–water partition coefficient (Wildman–Crippen LogP) is 4.85. The number of aryl methyl sites for hydroxylation is 1. The molecule has 1 fully saturated rings. The number of rotatable bonds is 8. The third-order valence-corrected chi connectivity index (χ3v) is 5.51. The van der Waals surface area contributed by atoms with E-state index >= 15 is 0 Å². The van der Waals surface area contributed by atoms with Crippen LogP contribution >= 0.6 is 0 Å². The monoisotopic (exact) mass is 419 g/mol. The first kappa shape index (κ1) is 21.1. The van der Waals surface area contributed by atoms with Gasteiger partial charge >= 0.3 is 0 Å². The molecule has 0 spiro atoms. The quantitative estimate of drug-likeness (QED) is 0.522. The molecule has 2 aromatic carbocycles. The van der Waals surface area contributed by atoms with Gasteiger partial charge in [0, 0.05) is 25.1 Å². The van der Waals surface area contributed by atoms with E-state index in [0.29, 0.717) is 43.8 Å². The van der Waals surface area contributed by atoms with Gasteiger partial charge in [0.25, 0.3) is 0 Å². The highest BCUT2D eigenvalue weighted by Gasteiger charge is 2.34. The van der Waals surface area contributed by atoms with Crippen LogP contribution in [0.5, 0.6) is 5.75 Å². The molecule has 2 heterocycles. The molecule has 1 aliphatic heterocycles. The smallest absolute Gasteiger partial charge is 0.232 e. The summed E-state index contributed by atoms with van der Waals surface area (Å²) in [6.45, 7) is 8.26. The molecule has 6 heteroatoms. The molecule has 0 aliphatic carbocycles. The minimum absolute atomic E-state index is 0.0719. The van der Waals surface area contributed by atoms with Crippen LogP contribution in [0.25, 0.3) is 11.4 Å². The van der Waals surface area contributed by atoms with E-state index < -0.39 is 0 Å². The molecule has 1 unspecified atom stereocenters. The molecule has 0 saturated carbocycles. The van der Waals surface area contributed by atoms with Gasteiger partial charge in [-0.1, -0.05) is 50.2 Å². The van der Waals surface area contributed by atoms with Crippen LogP contribution in [-0.2, 0) is 17.8 Å². The van der Waals surface area contributed by atoms with Crippen molar-refractivity contribution in [1.82, 2.24) is 15.0 Å². The van der Waals surface area contributed by atoms with E-state index in [4.69, 9.17) is 9.26 Å². The van der Waals surface area contributed by atoms with Crippen LogP contribution in [0, 0.1) is 5.92 Å². The Hall–Kier alpha value is -3.15. The summed E-state index contributed by atoms with van der Waals surface area (Å²) < 4.78 is 11.2. The lowest BCUT2D eigenvalue weighted by molar-refractivity contribution is -0.128. The number of benzene rings is 2. The van der Waals surface area contributed by atoms with Gasteiger partial charge in [-0.25, -0.2) is 0 Å². The van der Waals surface area contributed by atoms with Gasteiger partial charge in [0.1, 0.15) is 5.75 Å². The number of likely N-dealkylation sites (tertiary alicyclic amines) is 1. The maximum Gasteiger partial charge on any atom is 0.232 e. The van der Waals surface area contributed by atoms with Crippen LogP contribution in [0.4, 0.5) is 0 Å². The van der Waals surface area contributed by atoms with Crippen molar-refractivity contribution in [1.29, 1.82) is 0 Å². The third-order valence-electron chi connectivity index (χ3n) is 5.51. The molecule has 1 atom stereocenters. The maximum atomic E-state index is 12.5. The van der Waals surface area contributed by atoms with E-state index in [1.54, 1.807) is 0 Å². The standard InChI is InChI=1S/C25H29N3O3/c1-4-18-5-7-19(8-6-18)14-28-15-21(13-23(28)29)25-26-24(27-31-25)20-9-11-22(12-10-20)30-16-17(2)3/h5-12,17,21H,4,13-16H2,1-3H3. The SMILES string of the molecule is CCc1ccc(CN2CC(c3nc(-c4ccc(OCC(C)C)cc4)no3)CC2=O)cc1. The topological polar surface area (TPSA) is 68.5 Å². The highest BCUT2D eigenvalue weighted by Crippen LogP contribution is 2.30. The average molecular weight is 420 g/mol. The highest BCUT2D eigenvalue weighted by molar-refractivity contribution is 5.79. The third kappa shape index (κ3) is 5.13. The van der Waals surface area contributed by atoms with E-state index in [2.05, 4.69) is 55.2 Å². The Bertz CT molecular complexity index is 1010. The molecule has 162 valence electrons. The molecular formula is C25H29N3O3. The lowest BCUT2D eigenvalue weighted by Gasteiger charge is -2.16. The molecule has 1 aliphatic rings. The Morgan fingerprint density at radius 3 is 2.48 bits per heavy atom. The number of amides is 1. The zero-order valence-corrected chi connectivity index (χ0v) is 18.4. The first-order valence-electron chi connectivity index (χ1n) is 10.9. The molecule has 4 rings (SSSR count). The zero-order chi connectivity index (χ0) is 21.8. The number of ether oxygens (including phenoxy) is 1.